The number of sulfonamides is 1. The highest BCUT2D eigenvalue weighted by Gasteiger charge is 2.28. The van der Waals surface area contributed by atoms with E-state index in [-0.39, 0.29) is 12.3 Å². The Morgan fingerprint density at radius 3 is 2.82 bits per heavy atom. The van der Waals surface area contributed by atoms with E-state index in [0.717, 1.165) is 0 Å². The van der Waals surface area contributed by atoms with E-state index in [9.17, 15) is 12.8 Å². The van der Waals surface area contributed by atoms with E-state index in [4.69, 9.17) is 5.26 Å². The molecule has 0 bridgehead atoms. The molecule has 1 saturated heterocycles. The van der Waals surface area contributed by atoms with Gasteiger partial charge in [-0.25, -0.2) is 12.8 Å². The second-order valence-corrected chi connectivity index (χ2v) is 6.00. The van der Waals surface area contributed by atoms with Crippen LogP contribution in [0.5, 0.6) is 0 Å². The maximum absolute atomic E-state index is 13.1. The van der Waals surface area contributed by atoms with Gasteiger partial charge in [0.25, 0.3) is 0 Å². The Bertz CT molecular complexity index is 578. The fourth-order valence-electron chi connectivity index (χ4n) is 1.86. The van der Waals surface area contributed by atoms with Crippen molar-refractivity contribution in [1.29, 1.82) is 5.26 Å². The molecule has 1 aromatic rings. The lowest BCUT2D eigenvalue weighted by Gasteiger charge is -2.14. The normalized spacial score (nSPS) is 19.1. The van der Waals surface area contributed by atoms with Crippen LogP contribution in [0.3, 0.4) is 0 Å². The molecule has 1 fully saturated rings. The van der Waals surface area contributed by atoms with E-state index >= 15 is 0 Å². The maximum Gasteiger partial charge on any atom is 0.214 e. The highest BCUT2D eigenvalue weighted by Crippen LogP contribution is 2.19. The summed E-state index contributed by atoms with van der Waals surface area (Å²) in [5.41, 5.74) is 0.728. The fraction of sp³-hybridized carbons (Fsp3) is 0.364. The standard InChI is InChI=1S/C11H11FN2O2S/c12-11-3-2-9(7-13)10(6-11)8-14-4-1-5-17(14,15)16/h2-3,6H,1,4-5,8H2. The van der Waals surface area contributed by atoms with Gasteiger partial charge in [-0.3, -0.25) is 0 Å². The van der Waals surface area contributed by atoms with E-state index in [0.29, 0.717) is 24.1 Å². The van der Waals surface area contributed by atoms with Crippen LogP contribution in [-0.2, 0) is 16.6 Å². The van der Waals surface area contributed by atoms with Crippen LogP contribution in [0.1, 0.15) is 17.5 Å². The minimum Gasteiger partial charge on any atom is -0.212 e. The molecule has 0 N–H and O–H groups in total. The Morgan fingerprint density at radius 2 is 2.24 bits per heavy atom. The Labute approximate surface area is 99.3 Å². The number of hydrogen-bond donors (Lipinski definition) is 0. The van der Waals surface area contributed by atoms with E-state index in [1.165, 1.54) is 22.5 Å². The number of nitriles is 1. The fourth-order valence-corrected chi connectivity index (χ4v) is 3.36. The Hall–Kier alpha value is -1.45. The molecule has 1 aliphatic heterocycles. The number of rotatable bonds is 2. The van der Waals surface area contributed by atoms with Crippen LogP contribution in [0.25, 0.3) is 0 Å². The molecule has 1 aliphatic rings. The third kappa shape index (κ3) is 2.46. The molecule has 0 radical (unpaired) electrons. The first kappa shape index (κ1) is 12.0. The molecule has 4 nitrogen and oxygen atoms in total. The quantitative estimate of drug-likeness (QED) is 0.797. The lowest BCUT2D eigenvalue weighted by molar-refractivity contribution is 0.438. The van der Waals surface area contributed by atoms with Crippen LogP contribution in [0, 0.1) is 17.1 Å². The first-order chi connectivity index (χ1) is 8.03. The summed E-state index contributed by atoms with van der Waals surface area (Å²) in [6.07, 6.45) is 0.583. The summed E-state index contributed by atoms with van der Waals surface area (Å²) in [5, 5.41) is 8.87. The molecule has 90 valence electrons. The first-order valence-corrected chi connectivity index (χ1v) is 6.80. The van der Waals surface area contributed by atoms with Gasteiger partial charge in [0.15, 0.2) is 0 Å². The minimum atomic E-state index is -3.22. The molecular formula is C11H11FN2O2S. The predicted molar refractivity (Wildman–Crippen MR) is 59.9 cm³/mol. The van der Waals surface area contributed by atoms with Gasteiger partial charge in [-0.15, -0.1) is 0 Å². The van der Waals surface area contributed by atoms with Crippen LogP contribution < -0.4 is 0 Å². The van der Waals surface area contributed by atoms with Gasteiger partial charge in [-0.05, 0) is 30.2 Å². The van der Waals surface area contributed by atoms with Crippen LogP contribution >= 0.6 is 0 Å². The van der Waals surface area contributed by atoms with Crippen molar-refractivity contribution in [1.82, 2.24) is 4.31 Å². The van der Waals surface area contributed by atoms with Crippen molar-refractivity contribution in [2.75, 3.05) is 12.3 Å². The van der Waals surface area contributed by atoms with Gasteiger partial charge in [0.1, 0.15) is 5.82 Å². The first-order valence-electron chi connectivity index (χ1n) is 5.19. The van der Waals surface area contributed by atoms with Crippen molar-refractivity contribution in [3.05, 3.63) is 35.1 Å². The molecule has 17 heavy (non-hydrogen) atoms. The van der Waals surface area contributed by atoms with E-state index in [2.05, 4.69) is 0 Å². The number of halogens is 1. The van der Waals surface area contributed by atoms with Gasteiger partial charge < -0.3 is 0 Å². The van der Waals surface area contributed by atoms with Gasteiger partial charge in [-0.2, -0.15) is 9.57 Å². The lowest BCUT2D eigenvalue weighted by Crippen LogP contribution is -2.25. The van der Waals surface area contributed by atoms with Crippen LogP contribution in [-0.4, -0.2) is 25.0 Å². The monoisotopic (exact) mass is 254 g/mol. The van der Waals surface area contributed by atoms with Gasteiger partial charge >= 0.3 is 0 Å². The highest BCUT2D eigenvalue weighted by molar-refractivity contribution is 7.89. The molecule has 2 rings (SSSR count). The Morgan fingerprint density at radius 1 is 1.47 bits per heavy atom. The molecule has 0 unspecified atom stereocenters. The summed E-state index contributed by atoms with van der Waals surface area (Å²) in [7, 11) is -3.22. The molecular weight excluding hydrogens is 243 g/mol. The number of nitrogens with zero attached hydrogens (tertiary/aromatic N) is 2. The maximum atomic E-state index is 13.1. The Balaban J connectivity index is 2.30. The second-order valence-electron chi connectivity index (χ2n) is 3.92. The van der Waals surface area contributed by atoms with Gasteiger partial charge in [0, 0.05) is 13.1 Å². The topological polar surface area (TPSA) is 61.2 Å². The Kier molecular flexibility index (Phi) is 3.13. The van der Waals surface area contributed by atoms with E-state index in [1.807, 2.05) is 6.07 Å². The smallest absolute Gasteiger partial charge is 0.212 e. The predicted octanol–water partition coefficient (Wildman–Crippen LogP) is 1.23. The number of hydrogen-bond acceptors (Lipinski definition) is 3. The largest absolute Gasteiger partial charge is 0.214 e. The second kappa shape index (κ2) is 4.43. The molecule has 0 aromatic heterocycles. The lowest BCUT2D eigenvalue weighted by atomic mass is 10.1. The third-order valence-electron chi connectivity index (χ3n) is 2.74. The molecule has 6 heteroatoms. The average molecular weight is 254 g/mol. The summed E-state index contributed by atoms with van der Waals surface area (Å²) in [6, 6.07) is 5.71. The molecule has 0 aliphatic carbocycles. The number of benzene rings is 1. The zero-order chi connectivity index (χ0) is 12.5. The van der Waals surface area contributed by atoms with Crippen molar-refractivity contribution >= 4 is 10.0 Å². The van der Waals surface area contributed by atoms with Crippen molar-refractivity contribution < 1.29 is 12.8 Å². The summed E-state index contributed by atoms with van der Waals surface area (Å²) >= 11 is 0. The zero-order valence-corrected chi connectivity index (χ0v) is 9.87. The third-order valence-corrected chi connectivity index (χ3v) is 4.64. The molecule has 1 aromatic carbocycles. The van der Waals surface area contributed by atoms with Gasteiger partial charge in [0.2, 0.25) is 10.0 Å². The van der Waals surface area contributed by atoms with E-state index < -0.39 is 15.8 Å². The van der Waals surface area contributed by atoms with Crippen molar-refractivity contribution in [3.63, 3.8) is 0 Å². The van der Waals surface area contributed by atoms with Crippen molar-refractivity contribution in [2.45, 2.75) is 13.0 Å². The van der Waals surface area contributed by atoms with Crippen molar-refractivity contribution in [3.8, 4) is 6.07 Å². The zero-order valence-electron chi connectivity index (χ0n) is 9.06. The minimum absolute atomic E-state index is 0.0724. The summed E-state index contributed by atoms with van der Waals surface area (Å²) in [6.45, 7) is 0.507. The highest BCUT2D eigenvalue weighted by atomic mass is 32.2. The van der Waals surface area contributed by atoms with Crippen LogP contribution in [0.4, 0.5) is 4.39 Å². The molecule has 0 saturated carbocycles. The van der Waals surface area contributed by atoms with E-state index in [1.54, 1.807) is 0 Å². The van der Waals surface area contributed by atoms with Gasteiger partial charge in [0.05, 0.1) is 17.4 Å². The molecule has 0 atom stereocenters. The molecule has 0 spiro atoms. The average Bonchev–Trinajstić information content (AvgIpc) is 2.59. The van der Waals surface area contributed by atoms with Crippen molar-refractivity contribution in [2.24, 2.45) is 0 Å². The molecule has 1 heterocycles. The summed E-state index contributed by atoms with van der Waals surface area (Å²) < 4.78 is 37.6. The summed E-state index contributed by atoms with van der Waals surface area (Å²) in [4.78, 5) is 0. The van der Waals surface area contributed by atoms with Crippen LogP contribution in [0.2, 0.25) is 0 Å². The summed E-state index contributed by atoms with van der Waals surface area (Å²) in [5.74, 6) is -0.333. The molecule has 0 amide bonds. The van der Waals surface area contributed by atoms with Crippen LogP contribution in [0.15, 0.2) is 18.2 Å². The van der Waals surface area contributed by atoms with Gasteiger partial charge in [-0.1, -0.05) is 0 Å². The SMILES string of the molecule is N#Cc1ccc(F)cc1CN1CCCS1(=O)=O.